The van der Waals surface area contributed by atoms with Crippen molar-refractivity contribution in [3.8, 4) is 0 Å². The van der Waals surface area contributed by atoms with E-state index < -0.39 is 0 Å². The van der Waals surface area contributed by atoms with Gasteiger partial charge in [-0.15, -0.1) is 0 Å². The Morgan fingerprint density at radius 3 is 3.00 bits per heavy atom. The molecule has 0 aromatic carbocycles. The zero-order valence-electron chi connectivity index (χ0n) is 7.49. The van der Waals surface area contributed by atoms with E-state index in [9.17, 15) is 10.1 Å². The fraction of sp³-hybridized carbons (Fsp3) is 0.333. The molecule has 1 rings (SSSR count). The van der Waals surface area contributed by atoms with Gasteiger partial charge in [0.1, 0.15) is 0 Å². The number of H-pyrrole nitrogens is 1. The van der Waals surface area contributed by atoms with Gasteiger partial charge in [0.05, 0.1) is 0 Å². The van der Waals surface area contributed by atoms with E-state index in [1.165, 1.54) is 0 Å². The molecule has 70 valence electrons. The van der Waals surface area contributed by atoms with Crippen molar-refractivity contribution in [1.29, 1.82) is 0 Å². The van der Waals surface area contributed by atoms with Crippen LogP contribution in [0.3, 0.4) is 0 Å². The molecule has 0 radical (unpaired) electrons. The van der Waals surface area contributed by atoms with Crippen molar-refractivity contribution in [3.63, 3.8) is 0 Å². The fourth-order valence-corrected chi connectivity index (χ4v) is 1.13. The van der Waals surface area contributed by atoms with Gasteiger partial charge < -0.3 is 4.98 Å². The molecule has 0 atom stereocenters. The first-order valence-corrected chi connectivity index (χ1v) is 4.19. The van der Waals surface area contributed by atoms with Crippen LogP contribution in [0.1, 0.15) is 13.3 Å². The van der Waals surface area contributed by atoms with Gasteiger partial charge in [0.15, 0.2) is 0 Å². The molecule has 13 heavy (non-hydrogen) atoms. The summed E-state index contributed by atoms with van der Waals surface area (Å²) in [5.74, 6) is 0. The first-order chi connectivity index (χ1) is 6.24. The summed E-state index contributed by atoms with van der Waals surface area (Å²) >= 11 is 0. The zero-order chi connectivity index (χ0) is 9.68. The van der Waals surface area contributed by atoms with Gasteiger partial charge in [0.2, 0.25) is 6.54 Å². The minimum absolute atomic E-state index is 0.123. The molecule has 1 aromatic rings. The van der Waals surface area contributed by atoms with Gasteiger partial charge in [0.25, 0.3) is 0 Å². The van der Waals surface area contributed by atoms with Crippen molar-refractivity contribution in [3.05, 3.63) is 32.9 Å². The van der Waals surface area contributed by atoms with Gasteiger partial charge in [-0.05, 0) is 18.6 Å². The monoisotopic (exact) mass is 180 g/mol. The lowest BCUT2D eigenvalue weighted by molar-refractivity contribution is -0.464. The van der Waals surface area contributed by atoms with Gasteiger partial charge in [0, 0.05) is 21.7 Å². The topological polar surface area (TPSA) is 58.9 Å². The molecule has 0 aliphatic rings. The molecule has 0 fully saturated rings. The van der Waals surface area contributed by atoms with Crippen LogP contribution in [0, 0.1) is 10.1 Å². The number of aromatic nitrogens is 1. The van der Waals surface area contributed by atoms with E-state index in [1.54, 1.807) is 12.3 Å². The number of rotatable bonds is 3. The summed E-state index contributed by atoms with van der Waals surface area (Å²) in [7, 11) is 0. The third-order valence-electron chi connectivity index (χ3n) is 1.68. The first-order valence-electron chi connectivity index (χ1n) is 4.19. The van der Waals surface area contributed by atoms with E-state index in [0.29, 0.717) is 0 Å². The fourth-order valence-electron chi connectivity index (χ4n) is 1.13. The molecule has 1 heterocycles. The standard InChI is InChI=1S/C9H12N2O2/c1-2-3-9-8(4-6-10-9)5-7-11(12)13/h3-6,10H,2,7H2,1H3/b8-5-,9-3+. The Hall–Kier alpha value is -1.58. The van der Waals surface area contributed by atoms with E-state index in [-0.39, 0.29) is 11.5 Å². The normalized spacial score (nSPS) is 13.6. The first kappa shape index (κ1) is 9.51. The van der Waals surface area contributed by atoms with E-state index in [4.69, 9.17) is 0 Å². The summed E-state index contributed by atoms with van der Waals surface area (Å²) in [6, 6.07) is 1.84. The Bertz CT molecular complexity index is 392. The largest absolute Gasteiger partial charge is 0.361 e. The molecule has 0 spiro atoms. The van der Waals surface area contributed by atoms with Crippen molar-refractivity contribution < 1.29 is 4.92 Å². The maximum absolute atomic E-state index is 10.1. The van der Waals surface area contributed by atoms with E-state index in [1.807, 2.05) is 19.1 Å². The molecule has 0 aliphatic carbocycles. The average molecular weight is 180 g/mol. The van der Waals surface area contributed by atoms with Crippen LogP contribution in [-0.4, -0.2) is 16.5 Å². The quantitative estimate of drug-likeness (QED) is 0.536. The third kappa shape index (κ3) is 2.74. The predicted octanol–water partition coefficient (Wildman–Crippen LogP) is 0.262. The Labute approximate surface area is 75.7 Å². The SMILES string of the molecule is CC/C=c1/[nH]cc/c1=C/C[N+](=O)[O-]. The lowest BCUT2D eigenvalue weighted by atomic mass is 10.3. The second-order valence-electron chi connectivity index (χ2n) is 2.68. The zero-order valence-corrected chi connectivity index (χ0v) is 7.49. The number of nitrogens with one attached hydrogen (secondary N) is 1. The summed E-state index contributed by atoms with van der Waals surface area (Å²) < 4.78 is 0. The summed E-state index contributed by atoms with van der Waals surface area (Å²) in [5, 5.41) is 12.0. The lowest BCUT2D eigenvalue weighted by Gasteiger charge is -1.82. The van der Waals surface area contributed by atoms with Crippen LogP contribution in [-0.2, 0) is 0 Å². The molecule has 0 amide bonds. The predicted molar refractivity (Wildman–Crippen MR) is 51.1 cm³/mol. The summed E-state index contributed by atoms with van der Waals surface area (Å²) in [6.45, 7) is 1.90. The van der Waals surface area contributed by atoms with Crippen LogP contribution in [0.4, 0.5) is 0 Å². The van der Waals surface area contributed by atoms with Crippen molar-refractivity contribution in [2.75, 3.05) is 6.54 Å². The average Bonchev–Trinajstić information content (AvgIpc) is 2.49. The van der Waals surface area contributed by atoms with Gasteiger partial charge in [-0.1, -0.05) is 13.0 Å². The van der Waals surface area contributed by atoms with Gasteiger partial charge >= 0.3 is 0 Å². The van der Waals surface area contributed by atoms with Crippen LogP contribution in [0.2, 0.25) is 0 Å². The van der Waals surface area contributed by atoms with E-state index >= 15 is 0 Å². The molecule has 0 saturated heterocycles. The molecule has 1 N–H and O–H groups in total. The van der Waals surface area contributed by atoms with E-state index in [2.05, 4.69) is 4.98 Å². The Morgan fingerprint density at radius 1 is 1.62 bits per heavy atom. The van der Waals surface area contributed by atoms with Crippen molar-refractivity contribution in [1.82, 2.24) is 4.98 Å². The van der Waals surface area contributed by atoms with Crippen LogP contribution in [0.5, 0.6) is 0 Å². The Morgan fingerprint density at radius 2 is 2.38 bits per heavy atom. The maximum Gasteiger partial charge on any atom is 0.223 e. The van der Waals surface area contributed by atoms with Crippen LogP contribution >= 0.6 is 0 Å². The Balaban J connectivity index is 3.00. The van der Waals surface area contributed by atoms with Crippen LogP contribution in [0.25, 0.3) is 12.2 Å². The van der Waals surface area contributed by atoms with Crippen molar-refractivity contribution in [2.45, 2.75) is 13.3 Å². The molecule has 0 aliphatic heterocycles. The van der Waals surface area contributed by atoms with Crippen molar-refractivity contribution >= 4 is 12.2 Å². The molecule has 0 unspecified atom stereocenters. The molecule has 4 nitrogen and oxygen atoms in total. The Kier molecular flexibility index (Phi) is 3.25. The van der Waals surface area contributed by atoms with E-state index in [0.717, 1.165) is 17.0 Å². The van der Waals surface area contributed by atoms with Crippen LogP contribution in [0.15, 0.2) is 12.3 Å². The number of nitro groups is 1. The highest BCUT2D eigenvalue weighted by Gasteiger charge is 1.90. The van der Waals surface area contributed by atoms with Gasteiger partial charge in [-0.25, -0.2) is 0 Å². The minimum Gasteiger partial charge on any atom is -0.361 e. The number of nitrogens with zero attached hydrogens (tertiary/aromatic N) is 1. The summed E-state index contributed by atoms with van der Waals surface area (Å²) in [4.78, 5) is 12.8. The van der Waals surface area contributed by atoms with Gasteiger partial charge in [-0.3, -0.25) is 10.1 Å². The highest BCUT2D eigenvalue weighted by molar-refractivity contribution is 5.28. The number of hydrogen-bond acceptors (Lipinski definition) is 2. The number of aromatic amines is 1. The van der Waals surface area contributed by atoms with Crippen LogP contribution < -0.4 is 10.6 Å². The maximum atomic E-state index is 10.1. The second kappa shape index (κ2) is 4.45. The van der Waals surface area contributed by atoms with Crippen molar-refractivity contribution in [2.24, 2.45) is 0 Å². The third-order valence-corrected chi connectivity index (χ3v) is 1.68. The molecule has 1 aromatic heterocycles. The minimum atomic E-state index is -0.345. The highest BCUT2D eigenvalue weighted by atomic mass is 16.6. The second-order valence-corrected chi connectivity index (χ2v) is 2.68. The van der Waals surface area contributed by atoms with Gasteiger partial charge in [-0.2, -0.15) is 0 Å². The molecular weight excluding hydrogens is 168 g/mol. The summed E-state index contributed by atoms with van der Waals surface area (Å²) in [6.07, 6.45) is 6.32. The summed E-state index contributed by atoms with van der Waals surface area (Å²) in [5.41, 5.74) is 0. The highest BCUT2D eigenvalue weighted by Crippen LogP contribution is 1.74. The molecular formula is C9H12N2O2. The molecule has 0 saturated carbocycles. The lowest BCUT2D eigenvalue weighted by Crippen LogP contribution is -2.23. The molecule has 4 heteroatoms. The molecule has 0 bridgehead atoms. The number of hydrogen-bond donors (Lipinski definition) is 1. The smallest absolute Gasteiger partial charge is 0.223 e.